The lowest BCUT2D eigenvalue weighted by Crippen LogP contribution is -1.76. The molecule has 0 unspecified atom stereocenters. The Hall–Kier alpha value is -1.01. The van der Waals surface area contributed by atoms with E-state index in [0.717, 1.165) is 11.1 Å². The van der Waals surface area contributed by atoms with E-state index in [1.807, 2.05) is 18.2 Å². The standard InChI is InChI=1S/C11H5Cl2NS/c12-10-5-9(11(13)15-10)8-3-1-7(6-14)2-4-8/h1-5H. The number of hydrogen-bond donors (Lipinski definition) is 0. The van der Waals surface area contributed by atoms with Crippen molar-refractivity contribution < 1.29 is 0 Å². The van der Waals surface area contributed by atoms with E-state index in [4.69, 9.17) is 28.5 Å². The van der Waals surface area contributed by atoms with Crippen molar-refractivity contribution >= 4 is 34.5 Å². The van der Waals surface area contributed by atoms with E-state index >= 15 is 0 Å². The number of nitrogens with zero attached hydrogens (tertiary/aromatic N) is 1. The topological polar surface area (TPSA) is 23.8 Å². The Morgan fingerprint density at radius 1 is 1.13 bits per heavy atom. The van der Waals surface area contributed by atoms with Gasteiger partial charge in [0.1, 0.15) is 4.34 Å². The summed E-state index contributed by atoms with van der Waals surface area (Å²) in [5.74, 6) is 0. The van der Waals surface area contributed by atoms with Crippen LogP contribution in [0.25, 0.3) is 11.1 Å². The molecule has 0 aliphatic carbocycles. The second-order valence-electron chi connectivity index (χ2n) is 2.93. The van der Waals surface area contributed by atoms with Gasteiger partial charge in [0.05, 0.1) is 16.0 Å². The highest BCUT2D eigenvalue weighted by Gasteiger charge is 2.07. The molecule has 1 aromatic heterocycles. The molecule has 0 amide bonds. The molecule has 0 aliphatic rings. The molecular formula is C11H5Cl2NS. The Labute approximate surface area is 101 Å². The lowest BCUT2D eigenvalue weighted by Gasteiger charge is -1.98. The zero-order chi connectivity index (χ0) is 10.8. The minimum absolute atomic E-state index is 0.635. The largest absolute Gasteiger partial charge is 0.192 e. The SMILES string of the molecule is N#Cc1ccc(-c2cc(Cl)sc2Cl)cc1. The van der Waals surface area contributed by atoms with Gasteiger partial charge in [-0.05, 0) is 23.8 Å². The maximum atomic E-state index is 8.66. The third-order valence-electron chi connectivity index (χ3n) is 1.98. The van der Waals surface area contributed by atoms with Gasteiger partial charge in [-0.3, -0.25) is 0 Å². The Balaban J connectivity index is 2.46. The van der Waals surface area contributed by atoms with Gasteiger partial charge in [-0.2, -0.15) is 5.26 Å². The zero-order valence-electron chi connectivity index (χ0n) is 7.50. The van der Waals surface area contributed by atoms with E-state index < -0.39 is 0 Å². The van der Waals surface area contributed by atoms with Gasteiger partial charge in [0.25, 0.3) is 0 Å². The number of benzene rings is 1. The summed E-state index contributed by atoms with van der Waals surface area (Å²) in [6, 6.07) is 11.1. The number of halogens is 2. The van der Waals surface area contributed by atoms with Crippen LogP contribution in [0.4, 0.5) is 0 Å². The molecule has 0 bridgehead atoms. The molecule has 1 heterocycles. The normalized spacial score (nSPS) is 9.93. The number of thiophene rings is 1. The molecule has 0 saturated heterocycles. The van der Waals surface area contributed by atoms with E-state index in [1.165, 1.54) is 11.3 Å². The average molecular weight is 254 g/mol. The first-order valence-electron chi connectivity index (χ1n) is 4.16. The summed E-state index contributed by atoms with van der Waals surface area (Å²) < 4.78 is 1.34. The highest BCUT2D eigenvalue weighted by atomic mass is 35.5. The van der Waals surface area contributed by atoms with Gasteiger partial charge in [0, 0.05) is 5.56 Å². The smallest absolute Gasteiger partial charge is 0.102 e. The van der Waals surface area contributed by atoms with Crippen molar-refractivity contribution in [3.8, 4) is 17.2 Å². The van der Waals surface area contributed by atoms with E-state index in [9.17, 15) is 0 Å². The van der Waals surface area contributed by atoms with Crippen LogP contribution in [0.2, 0.25) is 8.67 Å². The number of nitriles is 1. The van der Waals surface area contributed by atoms with E-state index in [2.05, 4.69) is 6.07 Å². The average Bonchev–Trinajstić information content (AvgIpc) is 2.58. The maximum Gasteiger partial charge on any atom is 0.102 e. The summed E-state index contributed by atoms with van der Waals surface area (Å²) in [5, 5.41) is 8.66. The monoisotopic (exact) mass is 253 g/mol. The lowest BCUT2D eigenvalue weighted by molar-refractivity contribution is 1.48. The van der Waals surface area contributed by atoms with E-state index in [1.54, 1.807) is 12.1 Å². The molecule has 0 saturated carbocycles. The van der Waals surface area contributed by atoms with Crippen LogP contribution >= 0.6 is 34.5 Å². The van der Waals surface area contributed by atoms with Crippen molar-refractivity contribution in [2.75, 3.05) is 0 Å². The first-order valence-corrected chi connectivity index (χ1v) is 5.73. The Morgan fingerprint density at radius 2 is 1.80 bits per heavy atom. The van der Waals surface area contributed by atoms with E-state index in [0.29, 0.717) is 14.2 Å². The van der Waals surface area contributed by atoms with Crippen LogP contribution < -0.4 is 0 Å². The molecule has 0 radical (unpaired) electrons. The van der Waals surface area contributed by atoms with Crippen LogP contribution in [0, 0.1) is 11.3 Å². The Bertz CT molecular complexity index is 523. The van der Waals surface area contributed by atoms with Gasteiger partial charge in [-0.1, -0.05) is 35.3 Å². The van der Waals surface area contributed by atoms with E-state index in [-0.39, 0.29) is 0 Å². The molecule has 0 atom stereocenters. The quantitative estimate of drug-likeness (QED) is 0.729. The molecule has 74 valence electrons. The van der Waals surface area contributed by atoms with Gasteiger partial charge in [-0.15, -0.1) is 11.3 Å². The molecule has 4 heteroatoms. The zero-order valence-corrected chi connectivity index (χ0v) is 9.83. The molecule has 2 aromatic rings. The molecule has 0 spiro atoms. The molecule has 1 nitrogen and oxygen atoms in total. The van der Waals surface area contributed by atoms with Crippen molar-refractivity contribution in [1.29, 1.82) is 5.26 Å². The second kappa shape index (κ2) is 4.24. The molecule has 0 aliphatic heterocycles. The second-order valence-corrected chi connectivity index (χ2v) is 5.21. The predicted molar refractivity (Wildman–Crippen MR) is 64.5 cm³/mol. The fourth-order valence-corrected chi connectivity index (χ4v) is 2.77. The van der Waals surface area contributed by atoms with Gasteiger partial charge >= 0.3 is 0 Å². The van der Waals surface area contributed by atoms with Crippen LogP contribution in [0.1, 0.15) is 5.56 Å². The van der Waals surface area contributed by atoms with Gasteiger partial charge in [0.15, 0.2) is 0 Å². The van der Waals surface area contributed by atoms with Gasteiger partial charge < -0.3 is 0 Å². The van der Waals surface area contributed by atoms with Crippen LogP contribution in [-0.2, 0) is 0 Å². The van der Waals surface area contributed by atoms with Crippen LogP contribution in [-0.4, -0.2) is 0 Å². The fourth-order valence-electron chi connectivity index (χ4n) is 1.26. The first kappa shape index (κ1) is 10.5. The molecule has 15 heavy (non-hydrogen) atoms. The minimum atomic E-state index is 0.635. The number of rotatable bonds is 1. The molecular weight excluding hydrogens is 249 g/mol. The van der Waals surface area contributed by atoms with Crippen molar-refractivity contribution in [3.05, 3.63) is 44.6 Å². The third-order valence-corrected chi connectivity index (χ3v) is 3.47. The third kappa shape index (κ3) is 2.15. The molecule has 2 rings (SSSR count). The van der Waals surface area contributed by atoms with Gasteiger partial charge in [-0.25, -0.2) is 0 Å². The lowest BCUT2D eigenvalue weighted by atomic mass is 10.1. The summed E-state index contributed by atoms with van der Waals surface area (Å²) in [6.07, 6.45) is 0. The van der Waals surface area contributed by atoms with Crippen molar-refractivity contribution in [1.82, 2.24) is 0 Å². The summed E-state index contributed by atoms with van der Waals surface area (Å²) in [6.45, 7) is 0. The summed E-state index contributed by atoms with van der Waals surface area (Å²) in [4.78, 5) is 0. The fraction of sp³-hybridized carbons (Fsp3) is 0. The number of hydrogen-bond acceptors (Lipinski definition) is 2. The van der Waals surface area contributed by atoms with Crippen LogP contribution in [0.15, 0.2) is 30.3 Å². The maximum absolute atomic E-state index is 8.66. The van der Waals surface area contributed by atoms with Crippen LogP contribution in [0.3, 0.4) is 0 Å². The minimum Gasteiger partial charge on any atom is -0.192 e. The highest BCUT2D eigenvalue weighted by molar-refractivity contribution is 7.20. The van der Waals surface area contributed by atoms with Crippen LogP contribution in [0.5, 0.6) is 0 Å². The highest BCUT2D eigenvalue weighted by Crippen LogP contribution is 2.37. The van der Waals surface area contributed by atoms with Gasteiger partial charge in [0.2, 0.25) is 0 Å². The molecule has 1 aromatic carbocycles. The molecule has 0 N–H and O–H groups in total. The van der Waals surface area contributed by atoms with Crippen molar-refractivity contribution in [3.63, 3.8) is 0 Å². The molecule has 0 fully saturated rings. The van der Waals surface area contributed by atoms with Crippen molar-refractivity contribution in [2.45, 2.75) is 0 Å². The summed E-state index contributed by atoms with van der Waals surface area (Å²) >= 11 is 13.2. The Kier molecular flexibility index (Phi) is 2.97. The summed E-state index contributed by atoms with van der Waals surface area (Å²) in [5.41, 5.74) is 2.52. The Morgan fingerprint density at radius 3 is 2.27 bits per heavy atom. The summed E-state index contributed by atoms with van der Waals surface area (Å²) in [7, 11) is 0. The van der Waals surface area contributed by atoms with Crippen molar-refractivity contribution in [2.24, 2.45) is 0 Å². The predicted octanol–water partition coefficient (Wildman–Crippen LogP) is 4.59. The first-order chi connectivity index (χ1) is 7.20.